The summed E-state index contributed by atoms with van der Waals surface area (Å²) in [4.78, 5) is 26.5. The van der Waals surface area contributed by atoms with Crippen molar-refractivity contribution in [3.63, 3.8) is 0 Å². The lowest BCUT2D eigenvalue weighted by molar-refractivity contribution is -0.142. The van der Waals surface area contributed by atoms with E-state index in [-0.39, 0.29) is 17.9 Å². The SMILES string of the molecule is COc1ccc2[nH]cc(CC(=O)NC3CCC(C(=O)O)CC3)c2c1. The van der Waals surface area contributed by atoms with Crippen LogP contribution in [0.3, 0.4) is 0 Å². The predicted octanol–water partition coefficient (Wildman–Crippen LogP) is 2.48. The standard InChI is InChI=1S/C18H22N2O4/c1-24-14-6-7-16-15(9-14)12(10-19-16)8-17(21)20-13-4-2-11(3-5-13)18(22)23/h6-7,9-11,13,19H,2-5,8H2,1H3,(H,20,21)(H,22,23). The van der Waals surface area contributed by atoms with Crippen LogP contribution >= 0.6 is 0 Å². The van der Waals surface area contributed by atoms with E-state index in [1.54, 1.807) is 7.11 Å². The molecular weight excluding hydrogens is 308 g/mol. The minimum Gasteiger partial charge on any atom is -0.497 e. The molecule has 0 atom stereocenters. The molecule has 0 spiro atoms. The van der Waals surface area contributed by atoms with E-state index in [1.165, 1.54) is 0 Å². The van der Waals surface area contributed by atoms with Crippen LogP contribution in [0.25, 0.3) is 10.9 Å². The zero-order chi connectivity index (χ0) is 17.1. The Morgan fingerprint density at radius 2 is 2.04 bits per heavy atom. The van der Waals surface area contributed by atoms with Crippen molar-refractivity contribution in [2.75, 3.05) is 7.11 Å². The molecule has 1 saturated carbocycles. The molecule has 0 saturated heterocycles. The Morgan fingerprint density at radius 3 is 2.71 bits per heavy atom. The molecule has 128 valence electrons. The fraction of sp³-hybridized carbons (Fsp3) is 0.444. The first kappa shape index (κ1) is 16.4. The number of carboxylic acid groups (broad SMARTS) is 1. The predicted molar refractivity (Wildman–Crippen MR) is 90.1 cm³/mol. The van der Waals surface area contributed by atoms with E-state index in [0.717, 1.165) is 35.1 Å². The number of methoxy groups -OCH3 is 1. The largest absolute Gasteiger partial charge is 0.497 e. The van der Waals surface area contributed by atoms with E-state index < -0.39 is 5.97 Å². The van der Waals surface area contributed by atoms with Crippen LogP contribution in [-0.2, 0) is 16.0 Å². The van der Waals surface area contributed by atoms with Crippen LogP contribution in [0, 0.1) is 5.92 Å². The normalized spacial score (nSPS) is 20.7. The van der Waals surface area contributed by atoms with Crippen molar-refractivity contribution < 1.29 is 19.4 Å². The number of aromatic nitrogens is 1. The lowest BCUT2D eigenvalue weighted by atomic mass is 9.86. The maximum absolute atomic E-state index is 12.3. The number of carboxylic acids is 1. The maximum Gasteiger partial charge on any atom is 0.306 e. The molecule has 1 fully saturated rings. The van der Waals surface area contributed by atoms with Crippen molar-refractivity contribution in [1.82, 2.24) is 10.3 Å². The van der Waals surface area contributed by atoms with Gasteiger partial charge in [0.15, 0.2) is 0 Å². The first-order valence-corrected chi connectivity index (χ1v) is 8.23. The fourth-order valence-electron chi connectivity index (χ4n) is 3.37. The van der Waals surface area contributed by atoms with Gasteiger partial charge in [0.1, 0.15) is 5.75 Å². The fourth-order valence-corrected chi connectivity index (χ4v) is 3.37. The van der Waals surface area contributed by atoms with Gasteiger partial charge in [-0.05, 0) is 49.4 Å². The number of nitrogens with one attached hydrogen (secondary N) is 2. The number of aromatic amines is 1. The molecule has 6 nitrogen and oxygen atoms in total. The van der Waals surface area contributed by atoms with Crippen LogP contribution in [0.4, 0.5) is 0 Å². The topological polar surface area (TPSA) is 91.4 Å². The van der Waals surface area contributed by atoms with Gasteiger partial charge in [0.2, 0.25) is 5.91 Å². The number of rotatable bonds is 5. The molecule has 2 aromatic rings. The third-order valence-corrected chi connectivity index (χ3v) is 4.77. The second kappa shape index (κ2) is 6.95. The van der Waals surface area contributed by atoms with Crippen LogP contribution in [0.1, 0.15) is 31.2 Å². The average Bonchev–Trinajstić information content (AvgIpc) is 2.97. The summed E-state index contributed by atoms with van der Waals surface area (Å²) in [6.07, 6.45) is 4.86. The van der Waals surface area contributed by atoms with Gasteiger partial charge in [0.25, 0.3) is 0 Å². The number of H-pyrrole nitrogens is 1. The molecule has 0 aliphatic heterocycles. The number of fused-ring (bicyclic) bond motifs is 1. The van der Waals surface area contributed by atoms with Gasteiger partial charge in [0.05, 0.1) is 19.4 Å². The zero-order valence-corrected chi connectivity index (χ0v) is 13.7. The number of carbonyl (C=O) groups is 2. The molecule has 3 N–H and O–H groups in total. The molecule has 1 aliphatic rings. The number of hydrogen-bond donors (Lipinski definition) is 3. The van der Waals surface area contributed by atoms with Crippen molar-refractivity contribution in [2.45, 2.75) is 38.1 Å². The molecule has 0 radical (unpaired) electrons. The van der Waals surface area contributed by atoms with E-state index in [2.05, 4.69) is 10.3 Å². The van der Waals surface area contributed by atoms with Gasteiger partial charge < -0.3 is 20.1 Å². The Hall–Kier alpha value is -2.50. The van der Waals surface area contributed by atoms with Crippen molar-refractivity contribution in [1.29, 1.82) is 0 Å². The van der Waals surface area contributed by atoms with Crippen molar-refractivity contribution in [3.05, 3.63) is 30.0 Å². The minimum atomic E-state index is -0.729. The molecule has 1 amide bonds. The molecule has 0 bridgehead atoms. The monoisotopic (exact) mass is 330 g/mol. The van der Waals surface area contributed by atoms with Gasteiger partial charge in [-0.25, -0.2) is 0 Å². The van der Waals surface area contributed by atoms with Gasteiger partial charge in [-0.3, -0.25) is 9.59 Å². The highest BCUT2D eigenvalue weighted by atomic mass is 16.5. The second-order valence-corrected chi connectivity index (χ2v) is 6.36. The third-order valence-electron chi connectivity index (χ3n) is 4.77. The Bertz CT molecular complexity index is 745. The number of aliphatic carboxylic acids is 1. The highest BCUT2D eigenvalue weighted by Gasteiger charge is 2.26. The van der Waals surface area contributed by atoms with E-state index in [0.29, 0.717) is 19.3 Å². The average molecular weight is 330 g/mol. The van der Waals surface area contributed by atoms with Crippen LogP contribution in [-0.4, -0.2) is 35.1 Å². The zero-order valence-electron chi connectivity index (χ0n) is 13.7. The lowest BCUT2D eigenvalue weighted by Crippen LogP contribution is -2.39. The van der Waals surface area contributed by atoms with E-state index >= 15 is 0 Å². The third kappa shape index (κ3) is 3.53. The quantitative estimate of drug-likeness (QED) is 0.785. The van der Waals surface area contributed by atoms with Gasteiger partial charge in [0, 0.05) is 23.1 Å². The highest BCUT2D eigenvalue weighted by molar-refractivity contribution is 5.89. The Labute approximate surface area is 140 Å². The number of hydrogen-bond acceptors (Lipinski definition) is 3. The van der Waals surface area contributed by atoms with Gasteiger partial charge in [-0.1, -0.05) is 0 Å². The van der Waals surface area contributed by atoms with E-state index in [9.17, 15) is 9.59 Å². The molecular formula is C18H22N2O4. The van der Waals surface area contributed by atoms with Gasteiger partial charge >= 0.3 is 5.97 Å². The molecule has 1 aromatic heterocycles. The molecule has 1 aliphatic carbocycles. The van der Waals surface area contributed by atoms with Crippen molar-refractivity contribution >= 4 is 22.8 Å². The molecule has 24 heavy (non-hydrogen) atoms. The number of carbonyl (C=O) groups excluding carboxylic acids is 1. The number of ether oxygens (including phenoxy) is 1. The first-order chi connectivity index (χ1) is 11.6. The Kier molecular flexibility index (Phi) is 4.74. The summed E-state index contributed by atoms with van der Waals surface area (Å²) in [5, 5.41) is 13.0. The van der Waals surface area contributed by atoms with Crippen molar-refractivity contribution in [3.8, 4) is 5.75 Å². The second-order valence-electron chi connectivity index (χ2n) is 6.36. The smallest absolute Gasteiger partial charge is 0.306 e. The molecule has 1 heterocycles. The summed E-state index contributed by atoms with van der Waals surface area (Å²) >= 11 is 0. The molecule has 6 heteroatoms. The number of amides is 1. The maximum atomic E-state index is 12.3. The van der Waals surface area contributed by atoms with Crippen LogP contribution in [0.5, 0.6) is 5.75 Å². The highest BCUT2D eigenvalue weighted by Crippen LogP contribution is 2.26. The van der Waals surface area contributed by atoms with E-state index in [1.807, 2.05) is 24.4 Å². The molecule has 1 aromatic carbocycles. The summed E-state index contributed by atoms with van der Waals surface area (Å²) in [7, 11) is 1.62. The van der Waals surface area contributed by atoms with Crippen LogP contribution in [0.15, 0.2) is 24.4 Å². The minimum absolute atomic E-state index is 0.0301. The van der Waals surface area contributed by atoms with Crippen LogP contribution in [0.2, 0.25) is 0 Å². The molecule has 0 unspecified atom stereocenters. The van der Waals surface area contributed by atoms with Crippen LogP contribution < -0.4 is 10.1 Å². The summed E-state index contributed by atoms with van der Waals surface area (Å²) in [5.41, 5.74) is 1.90. The Morgan fingerprint density at radius 1 is 1.29 bits per heavy atom. The van der Waals surface area contributed by atoms with Crippen molar-refractivity contribution in [2.24, 2.45) is 5.92 Å². The summed E-state index contributed by atoms with van der Waals surface area (Å²) < 4.78 is 5.24. The lowest BCUT2D eigenvalue weighted by Gasteiger charge is -2.26. The Balaban J connectivity index is 1.60. The molecule has 3 rings (SSSR count). The van der Waals surface area contributed by atoms with Gasteiger partial charge in [-0.15, -0.1) is 0 Å². The summed E-state index contributed by atoms with van der Waals surface area (Å²) in [6, 6.07) is 5.81. The van der Waals surface area contributed by atoms with E-state index in [4.69, 9.17) is 9.84 Å². The summed E-state index contributed by atoms with van der Waals surface area (Å²) in [6.45, 7) is 0. The summed E-state index contributed by atoms with van der Waals surface area (Å²) in [5.74, 6) is -0.264. The number of benzene rings is 1. The first-order valence-electron chi connectivity index (χ1n) is 8.23. The van der Waals surface area contributed by atoms with Gasteiger partial charge in [-0.2, -0.15) is 0 Å².